The first kappa shape index (κ1) is 30.0. The van der Waals surface area contributed by atoms with Crippen LogP contribution in [0.5, 0.6) is 0 Å². The van der Waals surface area contributed by atoms with E-state index in [-0.39, 0.29) is 0 Å². The maximum atomic E-state index is 7.05. The van der Waals surface area contributed by atoms with E-state index in [2.05, 4.69) is 205 Å². The van der Waals surface area contributed by atoms with Crippen molar-refractivity contribution in [3.63, 3.8) is 0 Å². The largest absolute Gasteiger partial charge is 0.455 e. The average Bonchev–Trinajstić information content (AvgIpc) is 3.64. The van der Waals surface area contributed by atoms with Crippen molar-refractivity contribution in [3.05, 3.63) is 200 Å². The fourth-order valence-electron chi connectivity index (χ4n) is 7.92. The second-order valence-corrected chi connectivity index (χ2v) is 13.2. The lowest BCUT2D eigenvalue weighted by Gasteiger charge is -2.29. The van der Waals surface area contributed by atoms with Crippen molar-refractivity contribution < 1.29 is 4.42 Å². The zero-order valence-corrected chi connectivity index (χ0v) is 28.4. The zero-order chi connectivity index (χ0) is 34.4. The van der Waals surface area contributed by atoms with Crippen LogP contribution in [-0.4, -0.2) is 0 Å². The summed E-state index contributed by atoms with van der Waals surface area (Å²) in [6.07, 6.45) is 0. The van der Waals surface area contributed by atoms with E-state index in [4.69, 9.17) is 4.42 Å². The fraction of sp³-hybridized carbons (Fsp3) is 0. The van der Waals surface area contributed by atoms with Crippen molar-refractivity contribution in [3.8, 4) is 33.6 Å². The molecule has 0 aliphatic heterocycles. The molecule has 0 amide bonds. The predicted octanol–water partition coefficient (Wildman–Crippen LogP) is 14.4. The second kappa shape index (κ2) is 12.5. The topological polar surface area (TPSA) is 16.4 Å². The van der Waals surface area contributed by atoms with E-state index in [1.54, 1.807) is 0 Å². The van der Waals surface area contributed by atoms with Crippen molar-refractivity contribution in [2.45, 2.75) is 0 Å². The van der Waals surface area contributed by atoms with Crippen LogP contribution in [0.4, 0.5) is 17.1 Å². The molecule has 2 heteroatoms. The molecule has 0 spiro atoms. The van der Waals surface area contributed by atoms with E-state index in [1.165, 1.54) is 38.1 Å². The van der Waals surface area contributed by atoms with Gasteiger partial charge in [-0.15, -0.1) is 0 Å². The quantitative estimate of drug-likeness (QED) is 0.165. The molecule has 1 heterocycles. The Balaban J connectivity index is 1.21. The summed E-state index contributed by atoms with van der Waals surface area (Å²) in [4.78, 5) is 2.40. The van der Waals surface area contributed by atoms with Crippen molar-refractivity contribution in [2.24, 2.45) is 0 Å². The van der Waals surface area contributed by atoms with Crippen LogP contribution in [0.1, 0.15) is 0 Å². The number of hydrogen-bond donors (Lipinski definition) is 0. The van der Waals surface area contributed by atoms with E-state index in [1.807, 2.05) is 0 Å². The molecule has 244 valence electrons. The Bertz CT molecular complexity index is 2880. The van der Waals surface area contributed by atoms with E-state index in [0.717, 1.165) is 55.9 Å². The summed E-state index contributed by atoms with van der Waals surface area (Å²) in [5.41, 5.74) is 9.85. The lowest BCUT2D eigenvalue weighted by molar-refractivity contribution is 0.636. The SMILES string of the molecule is c1ccc(-c2ccccc2N(c2ccc(-c3oc4c5ccccc5c5ccccc5c4c3-c3ccccc3)cc2)c2cccc3ccccc23)cc1. The van der Waals surface area contributed by atoms with E-state index >= 15 is 0 Å². The number of hydrogen-bond acceptors (Lipinski definition) is 2. The minimum absolute atomic E-state index is 0.871. The fourth-order valence-corrected chi connectivity index (χ4v) is 7.92. The monoisotopic (exact) mass is 663 g/mol. The summed E-state index contributed by atoms with van der Waals surface area (Å²) in [6.45, 7) is 0. The molecule has 0 fully saturated rings. The van der Waals surface area contributed by atoms with Gasteiger partial charge in [0.15, 0.2) is 0 Å². The van der Waals surface area contributed by atoms with E-state index < -0.39 is 0 Å². The van der Waals surface area contributed by atoms with Crippen LogP contribution in [0.25, 0.3) is 76.9 Å². The number of furan rings is 1. The Morgan fingerprint density at radius 2 is 0.885 bits per heavy atom. The molecule has 0 radical (unpaired) electrons. The highest BCUT2D eigenvalue weighted by Gasteiger charge is 2.24. The molecule has 0 atom stereocenters. The highest BCUT2D eigenvalue weighted by Crippen LogP contribution is 2.48. The first-order valence-corrected chi connectivity index (χ1v) is 17.8. The molecule has 0 aliphatic rings. The van der Waals surface area contributed by atoms with Gasteiger partial charge >= 0.3 is 0 Å². The summed E-state index contributed by atoms with van der Waals surface area (Å²) in [7, 11) is 0. The third kappa shape index (κ3) is 4.88. The van der Waals surface area contributed by atoms with Gasteiger partial charge in [-0.2, -0.15) is 0 Å². The minimum atomic E-state index is 0.871. The Hall–Kier alpha value is -6.90. The Labute approximate surface area is 302 Å². The van der Waals surface area contributed by atoms with Crippen molar-refractivity contribution in [1.82, 2.24) is 0 Å². The van der Waals surface area contributed by atoms with Gasteiger partial charge in [-0.25, -0.2) is 0 Å². The van der Waals surface area contributed by atoms with Crippen molar-refractivity contribution >= 4 is 60.3 Å². The first-order valence-electron chi connectivity index (χ1n) is 17.8. The Morgan fingerprint density at radius 1 is 0.346 bits per heavy atom. The van der Waals surface area contributed by atoms with E-state index in [9.17, 15) is 0 Å². The average molecular weight is 664 g/mol. The number of anilines is 3. The van der Waals surface area contributed by atoms with Crippen LogP contribution in [0.2, 0.25) is 0 Å². The molecule has 0 bridgehead atoms. The van der Waals surface area contributed by atoms with Gasteiger partial charge in [-0.1, -0.05) is 164 Å². The maximum absolute atomic E-state index is 7.05. The summed E-state index contributed by atoms with van der Waals surface area (Å²) in [5.74, 6) is 0.871. The van der Waals surface area contributed by atoms with Crippen LogP contribution >= 0.6 is 0 Å². The molecule has 0 saturated carbocycles. The second-order valence-electron chi connectivity index (χ2n) is 13.2. The van der Waals surface area contributed by atoms with Crippen LogP contribution in [-0.2, 0) is 0 Å². The lowest BCUT2D eigenvalue weighted by Crippen LogP contribution is -2.11. The molecule has 10 aromatic rings. The number of benzene rings is 9. The molecule has 0 unspecified atom stereocenters. The van der Waals surface area contributed by atoms with Crippen molar-refractivity contribution in [1.29, 1.82) is 0 Å². The van der Waals surface area contributed by atoms with Crippen LogP contribution < -0.4 is 4.90 Å². The standard InChI is InChI=1S/C50H33NO/c1-3-16-34(17-4-1)39-23-13-14-28-45(39)51(46-29-15-21-35-18-7-8-22-40(35)46)38-32-30-37(31-33-38)49-47(36-19-5-2-6-20-36)48-43-26-11-9-24-41(43)42-25-10-12-27-44(42)50(48)52-49/h1-33H. The number of rotatable bonds is 6. The molecule has 10 rings (SSSR count). The minimum Gasteiger partial charge on any atom is -0.455 e. The van der Waals surface area contributed by atoms with Crippen molar-refractivity contribution in [2.75, 3.05) is 4.90 Å². The maximum Gasteiger partial charge on any atom is 0.143 e. The smallest absolute Gasteiger partial charge is 0.143 e. The van der Waals surface area contributed by atoms with Gasteiger partial charge in [0.2, 0.25) is 0 Å². The van der Waals surface area contributed by atoms with Gasteiger partial charge in [0.25, 0.3) is 0 Å². The third-order valence-corrected chi connectivity index (χ3v) is 10.3. The molecule has 9 aromatic carbocycles. The molecule has 1 aromatic heterocycles. The Morgan fingerprint density at radius 3 is 1.63 bits per heavy atom. The van der Waals surface area contributed by atoms with Gasteiger partial charge in [0.1, 0.15) is 11.3 Å². The van der Waals surface area contributed by atoms with Gasteiger partial charge in [-0.3, -0.25) is 0 Å². The highest BCUT2D eigenvalue weighted by molar-refractivity contribution is 6.28. The van der Waals surface area contributed by atoms with Gasteiger partial charge in [0.05, 0.1) is 11.4 Å². The normalized spacial score (nSPS) is 11.5. The third-order valence-electron chi connectivity index (χ3n) is 10.3. The molecule has 0 aliphatic carbocycles. The van der Waals surface area contributed by atoms with E-state index in [0.29, 0.717) is 0 Å². The molecule has 52 heavy (non-hydrogen) atoms. The summed E-state index contributed by atoms with van der Waals surface area (Å²) < 4.78 is 7.05. The summed E-state index contributed by atoms with van der Waals surface area (Å²) in [5, 5.41) is 8.29. The highest BCUT2D eigenvalue weighted by atomic mass is 16.3. The van der Waals surface area contributed by atoms with Gasteiger partial charge < -0.3 is 9.32 Å². The predicted molar refractivity (Wildman–Crippen MR) is 220 cm³/mol. The first-order chi connectivity index (χ1) is 25.8. The molecule has 0 saturated heterocycles. The number of fused-ring (bicyclic) bond motifs is 7. The zero-order valence-electron chi connectivity index (χ0n) is 28.4. The Kier molecular flexibility index (Phi) is 7.18. The summed E-state index contributed by atoms with van der Waals surface area (Å²) >= 11 is 0. The van der Waals surface area contributed by atoms with Gasteiger partial charge in [0, 0.05) is 38.5 Å². The van der Waals surface area contributed by atoms with Crippen LogP contribution in [0, 0.1) is 0 Å². The van der Waals surface area contributed by atoms with Crippen LogP contribution in [0.15, 0.2) is 205 Å². The lowest BCUT2D eigenvalue weighted by atomic mass is 9.92. The number of para-hydroxylation sites is 1. The molecular weight excluding hydrogens is 631 g/mol. The van der Waals surface area contributed by atoms with Crippen LogP contribution in [0.3, 0.4) is 0 Å². The number of nitrogens with zero attached hydrogens (tertiary/aromatic N) is 1. The molecule has 0 N–H and O–H groups in total. The van der Waals surface area contributed by atoms with Gasteiger partial charge in [-0.05, 0) is 69.1 Å². The molecule has 2 nitrogen and oxygen atoms in total. The summed E-state index contributed by atoms with van der Waals surface area (Å²) in [6, 6.07) is 71.4. The molecular formula is C50H33NO.